The van der Waals surface area contributed by atoms with Gasteiger partial charge in [-0.1, -0.05) is 0 Å². The van der Waals surface area contributed by atoms with Crippen molar-refractivity contribution < 1.29 is 5.11 Å². The molecule has 0 fully saturated rings. The molecule has 1 heterocycles. The molecule has 0 unspecified atom stereocenters. The van der Waals surface area contributed by atoms with Gasteiger partial charge in [0.15, 0.2) is 5.82 Å². The summed E-state index contributed by atoms with van der Waals surface area (Å²) in [5.41, 5.74) is 0. The first-order valence-corrected chi connectivity index (χ1v) is 3.24. The Labute approximate surface area is 58.7 Å². The van der Waals surface area contributed by atoms with Crippen LogP contribution in [0, 0.1) is 0 Å². The second-order valence-corrected chi connectivity index (χ2v) is 1.88. The topological polar surface area (TPSA) is 63.8 Å². The highest BCUT2D eigenvalue weighted by Crippen LogP contribution is 1.90. The summed E-state index contributed by atoms with van der Waals surface area (Å²) in [4.78, 5) is 0. The Hall–Kier alpha value is -0.970. The third-order valence-electron chi connectivity index (χ3n) is 1.24. The van der Waals surface area contributed by atoms with Crippen LogP contribution in [-0.2, 0) is 13.0 Å². The van der Waals surface area contributed by atoms with E-state index in [2.05, 4.69) is 15.5 Å². The maximum absolute atomic E-state index is 8.55. The highest BCUT2D eigenvalue weighted by molar-refractivity contribution is 4.79. The average Bonchev–Trinajstić information content (AvgIpc) is 2.36. The quantitative estimate of drug-likeness (QED) is 0.601. The fraction of sp³-hybridized carbons (Fsp3) is 0.800. The fourth-order valence-corrected chi connectivity index (χ4v) is 0.748. The van der Waals surface area contributed by atoms with Crippen molar-refractivity contribution in [1.29, 1.82) is 0 Å². The molecule has 0 aromatic carbocycles. The second-order valence-electron chi connectivity index (χ2n) is 1.88. The third-order valence-corrected chi connectivity index (χ3v) is 1.24. The van der Waals surface area contributed by atoms with E-state index in [9.17, 15) is 0 Å². The standard InChI is InChI=1S/C5H10N4O/c1-2-9-5(3-4-10)6-7-8-9/h10H,2-4H2,1H3. The molecular weight excluding hydrogens is 132 g/mol. The van der Waals surface area contributed by atoms with Crippen LogP contribution >= 0.6 is 0 Å². The van der Waals surface area contributed by atoms with Gasteiger partial charge in [0.2, 0.25) is 0 Å². The largest absolute Gasteiger partial charge is 0.396 e. The molecule has 0 spiro atoms. The van der Waals surface area contributed by atoms with Crippen molar-refractivity contribution in [3.8, 4) is 0 Å². The molecule has 0 amide bonds. The lowest BCUT2D eigenvalue weighted by Gasteiger charge is -1.96. The zero-order chi connectivity index (χ0) is 7.40. The van der Waals surface area contributed by atoms with Crippen molar-refractivity contribution in [1.82, 2.24) is 20.2 Å². The van der Waals surface area contributed by atoms with Crippen LogP contribution in [0.15, 0.2) is 0 Å². The van der Waals surface area contributed by atoms with Gasteiger partial charge in [-0.3, -0.25) is 0 Å². The monoisotopic (exact) mass is 142 g/mol. The minimum absolute atomic E-state index is 0.0976. The van der Waals surface area contributed by atoms with Crippen LogP contribution < -0.4 is 0 Å². The van der Waals surface area contributed by atoms with Crippen LogP contribution in [-0.4, -0.2) is 31.9 Å². The van der Waals surface area contributed by atoms with E-state index in [1.54, 1.807) is 4.68 Å². The second kappa shape index (κ2) is 3.26. The van der Waals surface area contributed by atoms with E-state index >= 15 is 0 Å². The first-order chi connectivity index (χ1) is 4.88. The molecular formula is C5H10N4O. The lowest BCUT2D eigenvalue weighted by molar-refractivity contribution is 0.294. The molecule has 0 saturated carbocycles. The summed E-state index contributed by atoms with van der Waals surface area (Å²) in [6.45, 7) is 2.81. The summed E-state index contributed by atoms with van der Waals surface area (Å²) in [5, 5.41) is 19.4. The van der Waals surface area contributed by atoms with Crippen molar-refractivity contribution in [3.63, 3.8) is 0 Å². The van der Waals surface area contributed by atoms with Crippen molar-refractivity contribution >= 4 is 0 Å². The predicted octanol–water partition coefficient (Wildman–Crippen LogP) is -0.772. The van der Waals surface area contributed by atoms with Gasteiger partial charge in [0.1, 0.15) is 0 Å². The van der Waals surface area contributed by atoms with Crippen LogP contribution in [0.1, 0.15) is 12.7 Å². The Balaban J connectivity index is 2.70. The molecule has 5 nitrogen and oxygen atoms in total. The molecule has 1 rings (SSSR count). The molecule has 10 heavy (non-hydrogen) atoms. The Morgan fingerprint density at radius 1 is 1.60 bits per heavy atom. The Kier molecular flexibility index (Phi) is 2.33. The van der Waals surface area contributed by atoms with Gasteiger partial charge in [0.05, 0.1) is 6.61 Å². The summed E-state index contributed by atoms with van der Waals surface area (Å²) in [5.74, 6) is 0.741. The lowest BCUT2D eigenvalue weighted by Crippen LogP contribution is -2.05. The Morgan fingerprint density at radius 3 is 3.00 bits per heavy atom. The van der Waals surface area contributed by atoms with E-state index < -0.39 is 0 Å². The number of tetrazole rings is 1. The average molecular weight is 142 g/mol. The van der Waals surface area contributed by atoms with Gasteiger partial charge in [-0.2, -0.15) is 0 Å². The molecule has 0 radical (unpaired) electrons. The SMILES string of the molecule is CCn1nnnc1CCO. The molecule has 1 aromatic heterocycles. The summed E-state index contributed by atoms with van der Waals surface area (Å²) in [7, 11) is 0. The number of aryl methyl sites for hydroxylation is 1. The summed E-state index contributed by atoms with van der Waals surface area (Å²) in [6, 6.07) is 0. The van der Waals surface area contributed by atoms with Gasteiger partial charge in [0, 0.05) is 13.0 Å². The highest BCUT2D eigenvalue weighted by Gasteiger charge is 2.00. The molecule has 0 bridgehead atoms. The summed E-state index contributed by atoms with van der Waals surface area (Å²) < 4.78 is 1.66. The van der Waals surface area contributed by atoms with Crippen LogP contribution in [0.4, 0.5) is 0 Å². The van der Waals surface area contributed by atoms with Gasteiger partial charge < -0.3 is 5.11 Å². The smallest absolute Gasteiger partial charge is 0.153 e. The fourth-order valence-electron chi connectivity index (χ4n) is 0.748. The van der Waals surface area contributed by atoms with E-state index in [0.29, 0.717) is 6.42 Å². The predicted molar refractivity (Wildman–Crippen MR) is 34.3 cm³/mol. The van der Waals surface area contributed by atoms with E-state index in [4.69, 9.17) is 5.11 Å². The molecule has 0 saturated heterocycles. The van der Waals surface area contributed by atoms with Crippen LogP contribution in [0.25, 0.3) is 0 Å². The van der Waals surface area contributed by atoms with Crippen LogP contribution in [0.3, 0.4) is 0 Å². The van der Waals surface area contributed by atoms with Gasteiger partial charge in [-0.25, -0.2) is 4.68 Å². The molecule has 0 atom stereocenters. The van der Waals surface area contributed by atoms with Gasteiger partial charge in [-0.15, -0.1) is 5.10 Å². The molecule has 1 N–H and O–H groups in total. The molecule has 0 aliphatic rings. The van der Waals surface area contributed by atoms with Crippen LogP contribution in [0.5, 0.6) is 0 Å². The number of aliphatic hydroxyl groups is 1. The number of aliphatic hydroxyl groups excluding tert-OH is 1. The normalized spacial score (nSPS) is 10.2. The zero-order valence-corrected chi connectivity index (χ0v) is 5.86. The first-order valence-electron chi connectivity index (χ1n) is 3.24. The third kappa shape index (κ3) is 1.30. The summed E-state index contributed by atoms with van der Waals surface area (Å²) >= 11 is 0. The number of hydrogen-bond acceptors (Lipinski definition) is 4. The highest BCUT2D eigenvalue weighted by atomic mass is 16.3. The maximum atomic E-state index is 8.55. The van der Waals surface area contributed by atoms with Crippen molar-refractivity contribution in [2.24, 2.45) is 0 Å². The summed E-state index contributed by atoms with van der Waals surface area (Å²) in [6.07, 6.45) is 0.529. The molecule has 0 aliphatic heterocycles. The minimum atomic E-state index is 0.0976. The van der Waals surface area contributed by atoms with Gasteiger partial charge in [-0.05, 0) is 17.4 Å². The number of rotatable bonds is 3. The molecule has 5 heteroatoms. The lowest BCUT2D eigenvalue weighted by atomic mass is 10.4. The Bertz CT molecular complexity index is 197. The van der Waals surface area contributed by atoms with Crippen molar-refractivity contribution in [2.45, 2.75) is 19.9 Å². The van der Waals surface area contributed by atoms with E-state index in [-0.39, 0.29) is 6.61 Å². The Morgan fingerprint density at radius 2 is 2.40 bits per heavy atom. The molecule has 0 aliphatic carbocycles. The van der Waals surface area contributed by atoms with E-state index in [1.807, 2.05) is 6.92 Å². The number of hydrogen-bond donors (Lipinski definition) is 1. The van der Waals surface area contributed by atoms with Gasteiger partial charge >= 0.3 is 0 Å². The van der Waals surface area contributed by atoms with E-state index in [0.717, 1.165) is 12.4 Å². The van der Waals surface area contributed by atoms with E-state index in [1.165, 1.54) is 0 Å². The van der Waals surface area contributed by atoms with Crippen molar-refractivity contribution in [2.75, 3.05) is 6.61 Å². The molecule has 1 aromatic rings. The number of nitrogens with zero attached hydrogens (tertiary/aromatic N) is 4. The maximum Gasteiger partial charge on any atom is 0.153 e. The minimum Gasteiger partial charge on any atom is -0.396 e. The zero-order valence-electron chi connectivity index (χ0n) is 5.86. The van der Waals surface area contributed by atoms with Gasteiger partial charge in [0.25, 0.3) is 0 Å². The van der Waals surface area contributed by atoms with Crippen LogP contribution in [0.2, 0.25) is 0 Å². The number of aromatic nitrogens is 4. The first kappa shape index (κ1) is 7.14. The van der Waals surface area contributed by atoms with Crippen molar-refractivity contribution in [3.05, 3.63) is 5.82 Å². The molecule has 56 valence electrons.